The molecular formula is C20H25F3N4O2. The van der Waals surface area contributed by atoms with E-state index in [9.17, 15) is 13.2 Å². The summed E-state index contributed by atoms with van der Waals surface area (Å²) in [4.78, 5) is 10.3. The minimum absolute atomic E-state index is 0.419. The molecule has 6 nitrogen and oxygen atoms in total. The number of aromatic nitrogens is 1. The first-order valence-corrected chi connectivity index (χ1v) is 8.98. The molecule has 29 heavy (non-hydrogen) atoms. The molecule has 0 amide bonds. The van der Waals surface area contributed by atoms with Crippen LogP contribution in [0.2, 0.25) is 0 Å². The van der Waals surface area contributed by atoms with Crippen LogP contribution in [0.3, 0.4) is 0 Å². The van der Waals surface area contributed by atoms with Crippen LogP contribution in [0.5, 0.6) is 5.88 Å². The lowest BCUT2D eigenvalue weighted by molar-refractivity contribution is -0.137. The number of guanidine groups is 1. The Kier molecular flexibility index (Phi) is 8.26. The van der Waals surface area contributed by atoms with Gasteiger partial charge in [0.15, 0.2) is 5.96 Å². The predicted molar refractivity (Wildman–Crippen MR) is 105 cm³/mol. The summed E-state index contributed by atoms with van der Waals surface area (Å²) in [6.07, 6.45) is -2.63. The zero-order valence-electron chi connectivity index (χ0n) is 16.7. The van der Waals surface area contributed by atoms with E-state index in [1.807, 2.05) is 18.0 Å². The van der Waals surface area contributed by atoms with Gasteiger partial charge in [0, 0.05) is 46.6 Å². The first kappa shape index (κ1) is 22.5. The maximum absolute atomic E-state index is 12.7. The highest BCUT2D eigenvalue weighted by molar-refractivity contribution is 5.79. The van der Waals surface area contributed by atoms with E-state index in [1.165, 1.54) is 12.1 Å². The zero-order chi connectivity index (χ0) is 21.3. The van der Waals surface area contributed by atoms with Crippen LogP contribution in [0, 0.1) is 0 Å². The molecule has 0 aliphatic carbocycles. The van der Waals surface area contributed by atoms with Gasteiger partial charge in [-0.3, -0.25) is 4.99 Å². The van der Waals surface area contributed by atoms with E-state index in [0.717, 1.165) is 23.3 Å². The van der Waals surface area contributed by atoms with Gasteiger partial charge in [0.1, 0.15) is 6.61 Å². The summed E-state index contributed by atoms with van der Waals surface area (Å²) >= 11 is 0. The lowest BCUT2D eigenvalue weighted by Crippen LogP contribution is -2.38. The number of methoxy groups -OCH3 is 1. The third kappa shape index (κ3) is 7.26. The number of aliphatic imine (C=N–C) groups is 1. The largest absolute Gasteiger partial charge is 0.475 e. The first-order valence-electron chi connectivity index (χ1n) is 8.98. The summed E-state index contributed by atoms with van der Waals surface area (Å²) in [6.45, 7) is 1.84. The summed E-state index contributed by atoms with van der Waals surface area (Å²) in [7, 11) is 5.07. The monoisotopic (exact) mass is 410 g/mol. The van der Waals surface area contributed by atoms with Gasteiger partial charge < -0.3 is 19.7 Å². The molecule has 0 bridgehead atoms. The molecule has 2 rings (SSSR count). The molecule has 0 saturated carbocycles. The second kappa shape index (κ2) is 10.7. The van der Waals surface area contributed by atoms with Crippen LogP contribution in [-0.2, 0) is 24.0 Å². The Morgan fingerprint density at radius 1 is 1.10 bits per heavy atom. The number of nitrogens with one attached hydrogen (secondary N) is 1. The standard InChI is InChI=1S/C20H25F3N4O2/c1-24-19(26-13-16-6-9-18(25-12-16)29-11-10-28-3)27(2)14-15-4-7-17(8-5-15)20(21,22)23/h4-9,12H,10-11,13-14H2,1-3H3,(H,24,26). The van der Waals surface area contributed by atoms with Crippen molar-refractivity contribution in [2.75, 3.05) is 34.4 Å². The Morgan fingerprint density at radius 3 is 2.34 bits per heavy atom. The van der Waals surface area contributed by atoms with Crippen molar-refractivity contribution in [2.45, 2.75) is 19.3 Å². The van der Waals surface area contributed by atoms with Gasteiger partial charge in [-0.05, 0) is 23.3 Å². The van der Waals surface area contributed by atoms with E-state index in [2.05, 4.69) is 15.3 Å². The van der Waals surface area contributed by atoms with Crippen molar-refractivity contribution in [2.24, 2.45) is 4.99 Å². The van der Waals surface area contributed by atoms with Crippen LogP contribution >= 0.6 is 0 Å². The molecule has 0 unspecified atom stereocenters. The molecule has 1 heterocycles. The lowest BCUT2D eigenvalue weighted by Gasteiger charge is -2.22. The summed E-state index contributed by atoms with van der Waals surface area (Å²) in [5.41, 5.74) is 1.03. The maximum Gasteiger partial charge on any atom is 0.416 e. The van der Waals surface area contributed by atoms with Crippen LogP contribution in [-0.4, -0.2) is 50.3 Å². The Labute approximate surface area is 168 Å². The molecule has 158 valence electrons. The molecule has 1 aromatic carbocycles. The highest BCUT2D eigenvalue weighted by Crippen LogP contribution is 2.29. The third-order valence-corrected chi connectivity index (χ3v) is 4.06. The van der Waals surface area contributed by atoms with Crippen LogP contribution in [0.1, 0.15) is 16.7 Å². The van der Waals surface area contributed by atoms with Gasteiger partial charge in [0.05, 0.1) is 12.2 Å². The molecule has 0 saturated heterocycles. The van der Waals surface area contributed by atoms with Crippen molar-refractivity contribution >= 4 is 5.96 Å². The fourth-order valence-corrected chi connectivity index (χ4v) is 2.54. The molecule has 1 aromatic heterocycles. The number of pyridine rings is 1. The van der Waals surface area contributed by atoms with Gasteiger partial charge >= 0.3 is 6.18 Å². The van der Waals surface area contributed by atoms with Crippen molar-refractivity contribution < 1.29 is 22.6 Å². The minimum Gasteiger partial charge on any atom is -0.475 e. The van der Waals surface area contributed by atoms with E-state index in [4.69, 9.17) is 9.47 Å². The maximum atomic E-state index is 12.7. The van der Waals surface area contributed by atoms with Gasteiger partial charge in [-0.2, -0.15) is 13.2 Å². The number of hydrogen-bond acceptors (Lipinski definition) is 4. The van der Waals surface area contributed by atoms with Crippen molar-refractivity contribution in [1.29, 1.82) is 0 Å². The molecule has 0 radical (unpaired) electrons. The quantitative estimate of drug-likeness (QED) is 0.411. The van der Waals surface area contributed by atoms with Crippen molar-refractivity contribution in [3.8, 4) is 5.88 Å². The Bertz CT molecular complexity index is 778. The average Bonchev–Trinajstić information content (AvgIpc) is 2.69. The molecule has 0 aliphatic heterocycles. The fraction of sp³-hybridized carbons (Fsp3) is 0.400. The van der Waals surface area contributed by atoms with E-state index in [1.54, 1.807) is 26.4 Å². The SMILES string of the molecule is CN=C(NCc1ccc(OCCOC)nc1)N(C)Cc1ccc(C(F)(F)F)cc1. The van der Waals surface area contributed by atoms with Gasteiger partial charge in [0.2, 0.25) is 5.88 Å². The van der Waals surface area contributed by atoms with Crippen LogP contribution < -0.4 is 10.1 Å². The van der Waals surface area contributed by atoms with Gasteiger partial charge in [-0.25, -0.2) is 4.98 Å². The molecule has 1 N–H and O–H groups in total. The van der Waals surface area contributed by atoms with Crippen molar-refractivity contribution in [3.05, 3.63) is 59.3 Å². The molecule has 0 atom stereocenters. The number of ether oxygens (including phenoxy) is 2. The highest BCUT2D eigenvalue weighted by atomic mass is 19.4. The van der Waals surface area contributed by atoms with Gasteiger partial charge in [-0.1, -0.05) is 18.2 Å². The van der Waals surface area contributed by atoms with E-state index in [0.29, 0.717) is 38.1 Å². The summed E-state index contributed by atoms with van der Waals surface area (Å²) < 4.78 is 48.4. The van der Waals surface area contributed by atoms with Gasteiger partial charge in [0.25, 0.3) is 0 Å². The van der Waals surface area contributed by atoms with Crippen LogP contribution in [0.4, 0.5) is 13.2 Å². The summed E-state index contributed by atoms with van der Waals surface area (Å²) in [6, 6.07) is 8.78. The second-order valence-electron chi connectivity index (χ2n) is 6.30. The van der Waals surface area contributed by atoms with Gasteiger partial charge in [-0.15, -0.1) is 0 Å². The molecular weight excluding hydrogens is 385 g/mol. The first-order chi connectivity index (χ1) is 13.8. The van der Waals surface area contributed by atoms with Crippen LogP contribution in [0.15, 0.2) is 47.6 Å². The topological polar surface area (TPSA) is 59.0 Å². The number of halogens is 3. The zero-order valence-corrected chi connectivity index (χ0v) is 16.7. The molecule has 0 spiro atoms. The van der Waals surface area contributed by atoms with Crippen LogP contribution in [0.25, 0.3) is 0 Å². The second-order valence-corrected chi connectivity index (χ2v) is 6.30. The smallest absolute Gasteiger partial charge is 0.416 e. The third-order valence-electron chi connectivity index (χ3n) is 4.06. The summed E-state index contributed by atoms with van der Waals surface area (Å²) in [5.74, 6) is 1.14. The number of hydrogen-bond donors (Lipinski definition) is 1. The minimum atomic E-state index is -4.33. The van der Waals surface area contributed by atoms with E-state index < -0.39 is 11.7 Å². The Morgan fingerprint density at radius 2 is 1.79 bits per heavy atom. The molecule has 0 aliphatic rings. The number of nitrogens with zero attached hydrogens (tertiary/aromatic N) is 3. The number of alkyl halides is 3. The Balaban J connectivity index is 1.87. The van der Waals surface area contributed by atoms with E-state index >= 15 is 0 Å². The number of rotatable bonds is 8. The normalized spacial score (nSPS) is 12.0. The highest BCUT2D eigenvalue weighted by Gasteiger charge is 2.29. The van der Waals surface area contributed by atoms with Crippen molar-refractivity contribution in [1.82, 2.24) is 15.2 Å². The summed E-state index contributed by atoms with van der Waals surface area (Å²) in [5, 5.41) is 3.21. The van der Waals surface area contributed by atoms with E-state index in [-0.39, 0.29) is 0 Å². The Hall–Kier alpha value is -2.81. The predicted octanol–water partition coefficient (Wildman–Crippen LogP) is 3.33. The lowest BCUT2D eigenvalue weighted by atomic mass is 10.1. The van der Waals surface area contributed by atoms with Crippen molar-refractivity contribution in [3.63, 3.8) is 0 Å². The average molecular weight is 410 g/mol. The molecule has 2 aromatic rings. The molecule has 0 fully saturated rings. The molecule has 9 heteroatoms. The number of benzene rings is 1. The fourth-order valence-electron chi connectivity index (χ4n) is 2.54.